The molecule has 0 radical (unpaired) electrons. The summed E-state index contributed by atoms with van der Waals surface area (Å²) in [6.07, 6.45) is 5.77. The lowest BCUT2D eigenvalue weighted by Crippen LogP contribution is -2.46. The van der Waals surface area contributed by atoms with Gasteiger partial charge in [-0.15, -0.1) is 0 Å². The Morgan fingerprint density at radius 3 is 2.28 bits per heavy atom. The van der Waals surface area contributed by atoms with E-state index in [-0.39, 0.29) is 12.5 Å². The van der Waals surface area contributed by atoms with Crippen molar-refractivity contribution in [3.63, 3.8) is 0 Å². The molecule has 1 atom stereocenters. The smallest absolute Gasteiger partial charge is 0.320 e. The topological polar surface area (TPSA) is 60.9 Å². The molecule has 0 aromatic carbocycles. The summed E-state index contributed by atoms with van der Waals surface area (Å²) in [5.41, 5.74) is 0. The molecule has 1 rings (SSSR count). The minimum absolute atomic E-state index is 0.0116. The van der Waals surface area contributed by atoms with E-state index in [0.29, 0.717) is 6.04 Å². The van der Waals surface area contributed by atoms with Gasteiger partial charge in [0.15, 0.2) is 0 Å². The summed E-state index contributed by atoms with van der Waals surface area (Å²) in [5.74, 6) is -0.886. The van der Waals surface area contributed by atoms with E-state index in [4.69, 9.17) is 5.11 Å². The lowest BCUT2D eigenvalue weighted by Gasteiger charge is -2.33. The molecular weight excluding hydrogens is 232 g/mol. The number of hydrogen-bond acceptors (Lipinski definition) is 3. The monoisotopic (exact) mass is 256 g/mol. The molecule has 104 valence electrons. The molecule has 0 aromatic rings. The number of carboxylic acids is 1. The number of hydrogen-bond donors (Lipinski definition) is 1. The van der Waals surface area contributed by atoms with E-state index in [1.807, 2.05) is 7.05 Å². The first-order valence-corrected chi connectivity index (χ1v) is 6.62. The van der Waals surface area contributed by atoms with Crippen molar-refractivity contribution in [2.24, 2.45) is 0 Å². The second-order valence-corrected chi connectivity index (χ2v) is 5.23. The van der Waals surface area contributed by atoms with Gasteiger partial charge < -0.3 is 10.0 Å². The van der Waals surface area contributed by atoms with Gasteiger partial charge in [0, 0.05) is 13.1 Å². The molecule has 5 heteroatoms. The van der Waals surface area contributed by atoms with Gasteiger partial charge in [0.2, 0.25) is 5.91 Å². The van der Waals surface area contributed by atoms with Crippen LogP contribution in [-0.2, 0) is 9.59 Å². The minimum Gasteiger partial charge on any atom is -0.480 e. The number of nitrogens with zero attached hydrogens (tertiary/aromatic N) is 2. The van der Waals surface area contributed by atoms with E-state index in [2.05, 4.69) is 0 Å². The predicted molar refractivity (Wildman–Crippen MR) is 69.4 cm³/mol. The van der Waals surface area contributed by atoms with Crippen molar-refractivity contribution in [2.75, 3.05) is 20.6 Å². The second kappa shape index (κ2) is 6.73. The highest BCUT2D eigenvalue weighted by molar-refractivity contribution is 5.80. The Morgan fingerprint density at radius 2 is 1.78 bits per heavy atom. The molecule has 1 amide bonds. The maximum absolute atomic E-state index is 12.1. The average Bonchev–Trinajstić information content (AvgIpc) is 2.37. The largest absolute Gasteiger partial charge is 0.480 e. The number of carbonyl (C=O) groups excluding carboxylic acids is 1. The molecule has 1 saturated carbocycles. The van der Waals surface area contributed by atoms with E-state index in [1.165, 1.54) is 19.3 Å². The van der Waals surface area contributed by atoms with Crippen molar-refractivity contribution in [1.29, 1.82) is 0 Å². The van der Waals surface area contributed by atoms with Gasteiger partial charge in [-0.25, -0.2) is 0 Å². The molecule has 0 heterocycles. The number of amides is 1. The first kappa shape index (κ1) is 15.0. The average molecular weight is 256 g/mol. The van der Waals surface area contributed by atoms with Crippen molar-refractivity contribution in [3.05, 3.63) is 0 Å². The quantitative estimate of drug-likeness (QED) is 0.802. The van der Waals surface area contributed by atoms with Gasteiger partial charge in [-0.3, -0.25) is 14.5 Å². The van der Waals surface area contributed by atoms with Gasteiger partial charge in [-0.05, 0) is 26.8 Å². The second-order valence-electron chi connectivity index (χ2n) is 5.23. The van der Waals surface area contributed by atoms with Crippen LogP contribution in [-0.4, -0.2) is 59.5 Å². The number of carboxylic acid groups (broad SMARTS) is 1. The van der Waals surface area contributed by atoms with Crippen LogP contribution >= 0.6 is 0 Å². The molecule has 18 heavy (non-hydrogen) atoms. The van der Waals surface area contributed by atoms with E-state index in [9.17, 15) is 9.59 Å². The van der Waals surface area contributed by atoms with Gasteiger partial charge in [0.1, 0.15) is 6.04 Å². The maximum Gasteiger partial charge on any atom is 0.320 e. The number of aliphatic carboxylic acids is 1. The third kappa shape index (κ3) is 3.98. The van der Waals surface area contributed by atoms with Crippen LogP contribution in [0.4, 0.5) is 0 Å². The number of rotatable bonds is 5. The summed E-state index contributed by atoms with van der Waals surface area (Å²) < 4.78 is 0. The Bertz CT molecular complexity index is 301. The zero-order valence-corrected chi connectivity index (χ0v) is 11.6. The number of carbonyl (C=O) groups is 2. The third-order valence-electron chi connectivity index (χ3n) is 3.92. The molecule has 5 nitrogen and oxygen atoms in total. The Labute approximate surface area is 109 Å². The van der Waals surface area contributed by atoms with Gasteiger partial charge in [-0.2, -0.15) is 0 Å². The predicted octanol–water partition coefficient (Wildman–Crippen LogP) is 1.18. The van der Waals surface area contributed by atoms with E-state index < -0.39 is 12.0 Å². The van der Waals surface area contributed by atoms with Crippen LogP contribution in [0.1, 0.15) is 39.0 Å². The van der Waals surface area contributed by atoms with Crippen LogP contribution in [0.15, 0.2) is 0 Å². The summed E-state index contributed by atoms with van der Waals surface area (Å²) >= 11 is 0. The molecular formula is C13H24N2O3. The van der Waals surface area contributed by atoms with Crippen LogP contribution in [0, 0.1) is 0 Å². The molecule has 1 aliphatic rings. The van der Waals surface area contributed by atoms with Gasteiger partial charge in [-0.1, -0.05) is 19.3 Å². The summed E-state index contributed by atoms with van der Waals surface area (Å²) in [6.45, 7) is 1.76. The zero-order valence-electron chi connectivity index (χ0n) is 11.6. The van der Waals surface area contributed by atoms with E-state index in [1.54, 1.807) is 23.8 Å². The van der Waals surface area contributed by atoms with E-state index in [0.717, 1.165) is 12.8 Å². The SMILES string of the molecule is CC(C(=O)O)N(C)CC(=O)N(C)C1CCCCC1. The van der Waals surface area contributed by atoms with Crippen LogP contribution in [0.2, 0.25) is 0 Å². The lowest BCUT2D eigenvalue weighted by atomic mass is 9.94. The fourth-order valence-corrected chi connectivity index (χ4v) is 2.32. The Balaban J connectivity index is 2.46. The first-order chi connectivity index (χ1) is 8.43. The van der Waals surface area contributed by atoms with Crippen molar-refractivity contribution in [2.45, 2.75) is 51.1 Å². The highest BCUT2D eigenvalue weighted by Gasteiger charge is 2.25. The summed E-state index contributed by atoms with van der Waals surface area (Å²) in [6, 6.07) is -0.298. The Morgan fingerprint density at radius 1 is 1.22 bits per heavy atom. The van der Waals surface area contributed by atoms with Crippen molar-refractivity contribution < 1.29 is 14.7 Å². The van der Waals surface area contributed by atoms with Crippen molar-refractivity contribution in [3.8, 4) is 0 Å². The summed E-state index contributed by atoms with van der Waals surface area (Å²) in [7, 11) is 3.50. The molecule has 0 saturated heterocycles. The molecule has 0 aromatic heterocycles. The molecule has 1 N–H and O–H groups in total. The van der Waals surface area contributed by atoms with Gasteiger partial charge >= 0.3 is 5.97 Å². The molecule has 1 aliphatic carbocycles. The molecule has 1 fully saturated rings. The molecule has 0 aliphatic heterocycles. The van der Waals surface area contributed by atoms with E-state index >= 15 is 0 Å². The maximum atomic E-state index is 12.1. The number of likely N-dealkylation sites (N-methyl/N-ethyl adjacent to an activating group) is 2. The van der Waals surface area contributed by atoms with Crippen LogP contribution in [0.25, 0.3) is 0 Å². The normalized spacial score (nSPS) is 18.7. The Kier molecular flexibility index (Phi) is 5.59. The van der Waals surface area contributed by atoms with Crippen molar-refractivity contribution in [1.82, 2.24) is 9.80 Å². The molecule has 1 unspecified atom stereocenters. The molecule has 0 spiro atoms. The lowest BCUT2D eigenvalue weighted by molar-refractivity contribution is -0.143. The summed E-state index contributed by atoms with van der Waals surface area (Å²) in [4.78, 5) is 26.3. The van der Waals surface area contributed by atoms with Crippen LogP contribution < -0.4 is 0 Å². The molecule has 0 bridgehead atoms. The zero-order chi connectivity index (χ0) is 13.7. The Hall–Kier alpha value is -1.10. The van der Waals surface area contributed by atoms with Crippen LogP contribution in [0.3, 0.4) is 0 Å². The van der Waals surface area contributed by atoms with Gasteiger partial charge in [0.05, 0.1) is 6.54 Å². The van der Waals surface area contributed by atoms with Crippen molar-refractivity contribution >= 4 is 11.9 Å². The minimum atomic E-state index is -0.898. The fraction of sp³-hybridized carbons (Fsp3) is 0.846. The standard InChI is InChI=1S/C13H24N2O3/c1-10(13(17)18)14(2)9-12(16)15(3)11-7-5-4-6-8-11/h10-11H,4-9H2,1-3H3,(H,17,18). The van der Waals surface area contributed by atoms with Crippen LogP contribution in [0.5, 0.6) is 0 Å². The summed E-state index contributed by atoms with van der Waals surface area (Å²) in [5, 5.41) is 8.89. The first-order valence-electron chi connectivity index (χ1n) is 6.62. The van der Waals surface area contributed by atoms with Gasteiger partial charge in [0.25, 0.3) is 0 Å². The third-order valence-corrected chi connectivity index (χ3v) is 3.92. The highest BCUT2D eigenvalue weighted by Crippen LogP contribution is 2.21. The fourth-order valence-electron chi connectivity index (χ4n) is 2.32. The highest BCUT2D eigenvalue weighted by atomic mass is 16.4.